The van der Waals surface area contributed by atoms with Crippen molar-refractivity contribution in [2.45, 2.75) is 31.6 Å². The molecule has 0 fully saturated rings. The summed E-state index contributed by atoms with van der Waals surface area (Å²) in [5.41, 5.74) is 4.08. The van der Waals surface area contributed by atoms with Gasteiger partial charge in [0.2, 0.25) is 5.71 Å². The van der Waals surface area contributed by atoms with Gasteiger partial charge in [-0.3, -0.25) is 15.5 Å². The van der Waals surface area contributed by atoms with E-state index in [0.717, 1.165) is 11.1 Å². The average Bonchev–Trinajstić information content (AvgIpc) is 3.31. The predicted octanol–water partition coefficient (Wildman–Crippen LogP) is 6.49. The number of fused-ring (bicyclic) bond motifs is 1. The van der Waals surface area contributed by atoms with Crippen LogP contribution in [0.2, 0.25) is 10.0 Å². The zero-order chi connectivity index (χ0) is 30.8. The smallest absolute Gasteiger partial charge is 0.411 e. The standard InChI is InChI=1S/C28H23Cl2N5O6S/c1-15(2)21-14-35(42(39,40)19-7-4-16(3)5-8-19)25-9-6-18(12-20(21)25)41-26-22(29)10-17(11-23(26)30)33-34-24(13-31)27(36)32-28(37)38/h4-12,14-15,33H,1-3H3,(H,32,36)(H,37,38). The number of aryl methyl sites for hydroxylation is 1. The van der Waals surface area contributed by atoms with Crippen molar-refractivity contribution in [3.05, 3.63) is 82.0 Å². The van der Waals surface area contributed by atoms with Crippen LogP contribution in [0.4, 0.5) is 10.5 Å². The highest BCUT2D eigenvalue weighted by molar-refractivity contribution is 7.90. The van der Waals surface area contributed by atoms with Gasteiger partial charge in [0.05, 0.1) is 26.1 Å². The first-order valence-corrected chi connectivity index (χ1v) is 14.4. The molecule has 0 spiro atoms. The molecule has 0 aliphatic carbocycles. The molecule has 42 heavy (non-hydrogen) atoms. The fraction of sp³-hybridized carbons (Fsp3) is 0.143. The number of aromatic nitrogens is 1. The molecule has 0 aliphatic heterocycles. The van der Waals surface area contributed by atoms with Crippen molar-refractivity contribution in [2.75, 3.05) is 5.43 Å². The van der Waals surface area contributed by atoms with E-state index < -0.39 is 27.7 Å². The normalized spacial score (nSPS) is 11.8. The van der Waals surface area contributed by atoms with E-state index in [-0.39, 0.29) is 32.3 Å². The Morgan fingerprint density at radius 2 is 1.71 bits per heavy atom. The van der Waals surface area contributed by atoms with Crippen molar-refractivity contribution in [3.63, 3.8) is 0 Å². The SMILES string of the molecule is Cc1ccc(S(=O)(=O)n2cc(C(C)C)c3cc(Oc4c(Cl)cc(NN=C(C#N)C(=O)NC(=O)O)cc4Cl)ccc32)cc1. The number of amides is 2. The fourth-order valence-electron chi connectivity index (χ4n) is 3.99. The summed E-state index contributed by atoms with van der Waals surface area (Å²) in [6.45, 7) is 5.79. The lowest BCUT2D eigenvalue weighted by molar-refractivity contribution is -0.114. The van der Waals surface area contributed by atoms with E-state index in [4.69, 9.17) is 38.3 Å². The van der Waals surface area contributed by atoms with Crippen LogP contribution in [0.15, 0.2) is 70.8 Å². The lowest BCUT2D eigenvalue weighted by Crippen LogP contribution is -2.34. The number of carbonyl (C=O) groups is 2. The largest absolute Gasteiger partial charge is 0.465 e. The molecule has 0 unspecified atom stereocenters. The molecule has 4 aromatic rings. The maximum absolute atomic E-state index is 13.5. The summed E-state index contributed by atoms with van der Waals surface area (Å²) in [5, 5.41) is 23.6. The first-order chi connectivity index (χ1) is 19.8. The third kappa shape index (κ3) is 6.33. The van der Waals surface area contributed by atoms with E-state index >= 15 is 0 Å². The number of anilines is 1. The molecule has 11 nitrogen and oxygen atoms in total. The lowest BCUT2D eigenvalue weighted by atomic mass is 10.0. The van der Waals surface area contributed by atoms with Crippen LogP contribution in [-0.2, 0) is 14.8 Å². The number of nitriles is 1. The van der Waals surface area contributed by atoms with Gasteiger partial charge in [-0.15, -0.1) is 0 Å². The van der Waals surface area contributed by atoms with Gasteiger partial charge >= 0.3 is 6.09 Å². The first-order valence-electron chi connectivity index (χ1n) is 12.2. The Bertz CT molecular complexity index is 1870. The number of hydrogen-bond acceptors (Lipinski definition) is 8. The Morgan fingerprint density at radius 1 is 1.07 bits per heavy atom. The minimum atomic E-state index is -3.87. The monoisotopic (exact) mass is 627 g/mol. The molecule has 216 valence electrons. The van der Waals surface area contributed by atoms with Crippen LogP contribution in [0.1, 0.15) is 30.9 Å². The van der Waals surface area contributed by atoms with Gasteiger partial charge in [0.1, 0.15) is 11.8 Å². The van der Waals surface area contributed by atoms with Crippen molar-refractivity contribution in [3.8, 4) is 17.6 Å². The highest BCUT2D eigenvalue weighted by Crippen LogP contribution is 2.40. The first kappa shape index (κ1) is 30.4. The van der Waals surface area contributed by atoms with E-state index in [1.165, 1.54) is 27.5 Å². The summed E-state index contributed by atoms with van der Waals surface area (Å²) >= 11 is 12.8. The van der Waals surface area contributed by atoms with E-state index in [2.05, 4.69) is 10.5 Å². The number of rotatable bonds is 8. The molecule has 0 radical (unpaired) electrons. The average molecular weight is 628 g/mol. The van der Waals surface area contributed by atoms with Gasteiger partial charge in [-0.2, -0.15) is 10.4 Å². The third-order valence-corrected chi connectivity index (χ3v) is 8.28. The van der Waals surface area contributed by atoms with E-state index in [0.29, 0.717) is 16.7 Å². The summed E-state index contributed by atoms with van der Waals surface area (Å²) in [4.78, 5) is 22.5. The highest BCUT2D eigenvalue weighted by Gasteiger charge is 2.23. The van der Waals surface area contributed by atoms with Crippen molar-refractivity contribution < 1.29 is 27.9 Å². The van der Waals surface area contributed by atoms with Gasteiger partial charge in [-0.1, -0.05) is 54.7 Å². The molecule has 0 saturated heterocycles. The van der Waals surface area contributed by atoms with Crippen LogP contribution in [0, 0.1) is 18.3 Å². The van der Waals surface area contributed by atoms with Crippen LogP contribution in [-0.4, -0.2) is 35.2 Å². The minimum Gasteiger partial charge on any atom is -0.465 e. The molecular weight excluding hydrogens is 605 g/mol. The van der Waals surface area contributed by atoms with Crippen LogP contribution in [0.25, 0.3) is 10.9 Å². The number of ether oxygens (including phenoxy) is 1. The zero-order valence-corrected chi connectivity index (χ0v) is 24.7. The molecule has 0 bridgehead atoms. The number of benzene rings is 3. The maximum Gasteiger partial charge on any atom is 0.411 e. The molecule has 0 atom stereocenters. The molecule has 0 saturated carbocycles. The van der Waals surface area contributed by atoms with Crippen molar-refractivity contribution in [1.82, 2.24) is 9.29 Å². The Balaban J connectivity index is 1.66. The Hall–Kier alpha value is -4.57. The topological polar surface area (TPSA) is 163 Å². The number of halogens is 2. The lowest BCUT2D eigenvalue weighted by Gasteiger charge is -2.12. The Morgan fingerprint density at radius 3 is 2.29 bits per heavy atom. The molecule has 3 aromatic carbocycles. The van der Waals surface area contributed by atoms with Gasteiger partial charge in [-0.05, 0) is 60.9 Å². The quantitative estimate of drug-likeness (QED) is 0.147. The summed E-state index contributed by atoms with van der Waals surface area (Å²) < 4.78 is 34.3. The summed E-state index contributed by atoms with van der Waals surface area (Å²) in [7, 11) is -3.87. The summed E-state index contributed by atoms with van der Waals surface area (Å²) in [5.74, 6) is -0.791. The molecule has 14 heteroatoms. The Kier molecular flexibility index (Phi) is 8.77. The van der Waals surface area contributed by atoms with Crippen molar-refractivity contribution in [1.29, 1.82) is 5.26 Å². The van der Waals surface area contributed by atoms with Gasteiger partial charge in [0, 0.05) is 11.6 Å². The van der Waals surface area contributed by atoms with E-state index in [1.54, 1.807) is 48.7 Å². The van der Waals surface area contributed by atoms with E-state index in [1.807, 2.05) is 20.8 Å². The number of carboxylic acid groups (broad SMARTS) is 1. The van der Waals surface area contributed by atoms with Gasteiger partial charge in [0.25, 0.3) is 15.9 Å². The molecule has 0 aliphatic rings. The minimum absolute atomic E-state index is 0.00816. The molecule has 1 heterocycles. The highest BCUT2D eigenvalue weighted by atomic mass is 35.5. The summed E-state index contributed by atoms with van der Waals surface area (Å²) in [6, 6.07) is 15.8. The van der Waals surface area contributed by atoms with Crippen LogP contribution >= 0.6 is 23.2 Å². The number of hydrazone groups is 1. The zero-order valence-electron chi connectivity index (χ0n) is 22.3. The number of nitrogens with zero attached hydrogens (tertiary/aromatic N) is 3. The van der Waals surface area contributed by atoms with E-state index in [9.17, 15) is 18.0 Å². The van der Waals surface area contributed by atoms with Crippen LogP contribution in [0.5, 0.6) is 11.5 Å². The van der Waals surface area contributed by atoms with Crippen LogP contribution < -0.4 is 15.5 Å². The van der Waals surface area contributed by atoms with Gasteiger partial charge in [0.15, 0.2) is 5.75 Å². The van der Waals surface area contributed by atoms with Gasteiger partial charge in [-0.25, -0.2) is 17.2 Å². The molecule has 3 N–H and O–H groups in total. The molecule has 1 aromatic heterocycles. The second-order valence-electron chi connectivity index (χ2n) is 9.35. The number of hydrogen-bond donors (Lipinski definition) is 3. The van der Waals surface area contributed by atoms with Crippen molar-refractivity contribution in [2.24, 2.45) is 5.10 Å². The number of nitrogens with one attached hydrogen (secondary N) is 2. The number of imide groups is 1. The second kappa shape index (κ2) is 12.1. The third-order valence-electron chi connectivity index (χ3n) is 6.03. The summed E-state index contributed by atoms with van der Waals surface area (Å²) in [6.07, 6.45) is -0.0275. The van der Waals surface area contributed by atoms with Crippen molar-refractivity contribution >= 4 is 67.5 Å². The van der Waals surface area contributed by atoms with Gasteiger partial charge < -0.3 is 9.84 Å². The fourth-order valence-corrected chi connectivity index (χ4v) is 5.94. The second-order valence-corrected chi connectivity index (χ2v) is 12.0. The number of carbonyl (C=O) groups excluding carboxylic acids is 1. The molecule has 4 rings (SSSR count). The molecular formula is C28H23Cl2N5O6S. The van der Waals surface area contributed by atoms with Crippen LogP contribution in [0.3, 0.4) is 0 Å². The predicted molar refractivity (Wildman–Crippen MR) is 159 cm³/mol. The Labute approximate surface area is 251 Å². The molecule has 2 amide bonds. The maximum atomic E-state index is 13.5.